The highest BCUT2D eigenvalue weighted by Crippen LogP contribution is 2.25. The first-order chi connectivity index (χ1) is 8.61. The number of hydrogen-bond donors (Lipinski definition) is 0. The molecule has 0 amide bonds. The third kappa shape index (κ3) is 2.46. The topological polar surface area (TPSA) is 70.2 Å². The van der Waals surface area contributed by atoms with Gasteiger partial charge in [-0.25, -0.2) is 4.39 Å². The Morgan fingerprint density at radius 3 is 3.06 bits per heavy atom. The van der Waals surface area contributed by atoms with Crippen LogP contribution < -0.4 is 0 Å². The summed E-state index contributed by atoms with van der Waals surface area (Å²) in [5.41, 5.74) is 0.224. The van der Waals surface area contributed by atoms with E-state index >= 15 is 0 Å². The van der Waals surface area contributed by atoms with Gasteiger partial charge < -0.3 is 0 Å². The first-order valence-corrected chi connectivity index (χ1v) is 5.68. The lowest BCUT2D eigenvalue weighted by atomic mass is 10.1. The summed E-state index contributed by atoms with van der Waals surface area (Å²) in [4.78, 5) is 12.2. The summed E-state index contributed by atoms with van der Waals surface area (Å²) in [6, 6.07) is 5.35. The van der Waals surface area contributed by atoms with Crippen LogP contribution in [0, 0.1) is 27.3 Å². The van der Waals surface area contributed by atoms with Crippen LogP contribution >= 0.6 is 0 Å². The third-order valence-electron chi connectivity index (χ3n) is 3.12. The number of halogens is 1. The second kappa shape index (κ2) is 5.10. The minimum Gasteiger partial charge on any atom is -0.283 e. The lowest BCUT2D eigenvalue weighted by Crippen LogP contribution is -2.27. The molecule has 1 aliphatic rings. The van der Waals surface area contributed by atoms with E-state index in [2.05, 4.69) is 6.07 Å². The molecule has 6 heteroatoms. The Bertz CT molecular complexity index is 513. The van der Waals surface area contributed by atoms with Crippen LogP contribution in [0.5, 0.6) is 0 Å². The van der Waals surface area contributed by atoms with Crippen molar-refractivity contribution in [1.82, 2.24) is 4.90 Å². The molecule has 2 rings (SSSR count). The molecule has 1 fully saturated rings. The van der Waals surface area contributed by atoms with Crippen molar-refractivity contribution in [1.29, 1.82) is 5.26 Å². The van der Waals surface area contributed by atoms with Gasteiger partial charge in [0.05, 0.1) is 17.0 Å². The van der Waals surface area contributed by atoms with Gasteiger partial charge in [0.2, 0.25) is 0 Å². The van der Waals surface area contributed by atoms with Crippen LogP contribution in [0.4, 0.5) is 10.1 Å². The van der Waals surface area contributed by atoms with Crippen LogP contribution in [-0.2, 0) is 6.54 Å². The van der Waals surface area contributed by atoms with E-state index < -0.39 is 10.7 Å². The molecule has 1 aromatic rings. The van der Waals surface area contributed by atoms with Crippen molar-refractivity contribution in [3.63, 3.8) is 0 Å². The summed E-state index contributed by atoms with van der Waals surface area (Å²) in [6.45, 7) is 0.957. The van der Waals surface area contributed by atoms with Gasteiger partial charge in [0.15, 0.2) is 0 Å². The molecule has 1 atom stereocenters. The fourth-order valence-electron chi connectivity index (χ4n) is 2.24. The normalized spacial score (nSPS) is 19.7. The van der Waals surface area contributed by atoms with E-state index in [0.29, 0.717) is 12.1 Å². The molecule has 0 aromatic heterocycles. The van der Waals surface area contributed by atoms with E-state index in [9.17, 15) is 14.5 Å². The summed E-state index contributed by atoms with van der Waals surface area (Å²) in [7, 11) is 0. The molecule has 18 heavy (non-hydrogen) atoms. The minimum atomic E-state index is -0.522. The number of nitrogens with zero attached hydrogens (tertiary/aromatic N) is 3. The quantitative estimate of drug-likeness (QED) is 0.608. The third-order valence-corrected chi connectivity index (χ3v) is 3.12. The molecule has 0 bridgehead atoms. The smallest absolute Gasteiger partial charge is 0.274 e. The number of likely N-dealkylation sites (tertiary alicyclic amines) is 1. The zero-order valence-corrected chi connectivity index (χ0v) is 9.67. The highest BCUT2D eigenvalue weighted by Gasteiger charge is 2.26. The van der Waals surface area contributed by atoms with Gasteiger partial charge in [-0.15, -0.1) is 0 Å². The molecule has 94 valence electrons. The van der Waals surface area contributed by atoms with Crippen molar-refractivity contribution in [3.8, 4) is 6.07 Å². The van der Waals surface area contributed by atoms with Crippen molar-refractivity contribution in [2.45, 2.75) is 25.4 Å². The predicted molar refractivity (Wildman–Crippen MR) is 62.1 cm³/mol. The highest BCUT2D eigenvalue weighted by molar-refractivity contribution is 5.40. The largest absolute Gasteiger partial charge is 0.283 e. The number of nitriles is 1. The first-order valence-electron chi connectivity index (χ1n) is 5.68. The van der Waals surface area contributed by atoms with Gasteiger partial charge in [-0.1, -0.05) is 0 Å². The SMILES string of the molecule is N#CC1CCCN1Cc1cc(F)ccc1[N+](=O)[O-]. The van der Waals surface area contributed by atoms with Crippen LogP contribution in [0.15, 0.2) is 18.2 Å². The first kappa shape index (κ1) is 12.5. The summed E-state index contributed by atoms with van der Waals surface area (Å²) in [6.07, 6.45) is 1.65. The van der Waals surface area contributed by atoms with Gasteiger partial charge >= 0.3 is 0 Å². The second-order valence-electron chi connectivity index (χ2n) is 4.29. The number of hydrogen-bond acceptors (Lipinski definition) is 4. The molecule has 0 saturated carbocycles. The fourth-order valence-corrected chi connectivity index (χ4v) is 2.24. The highest BCUT2D eigenvalue weighted by atomic mass is 19.1. The van der Waals surface area contributed by atoms with Crippen molar-refractivity contribution in [2.24, 2.45) is 0 Å². The Balaban J connectivity index is 2.25. The van der Waals surface area contributed by atoms with Gasteiger partial charge in [-0.05, 0) is 31.5 Å². The molecule has 1 heterocycles. The maximum absolute atomic E-state index is 13.2. The maximum Gasteiger partial charge on any atom is 0.274 e. The summed E-state index contributed by atoms with van der Waals surface area (Å²) >= 11 is 0. The zero-order valence-electron chi connectivity index (χ0n) is 9.67. The number of nitro groups is 1. The molecule has 0 N–H and O–H groups in total. The molecule has 0 spiro atoms. The van der Waals surface area contributed by atoms with E-state index in [1.807, 2.05) is 4.90 Å². The van der Waals surface area contributed by atoms with Crippen molar-refractivity contribution in [3.05, 3.63) is 39.7 Å². The van der Waals surface area contributed by atoms with Crippen LogP contribution in [0.3, 0.4) is 0 Å². The molecule has 1 aromatic carbocycles. The molecule has 0 aliphatic carbocycles. The molecule has 1 unspecified atom stereocenters. The molecular weight excluding hydrogens is 237 g/mol. The zero-order chi connectivity index (χ0) is 13.1. The van der Waals surface area contributed by atoms with Crippen molar-refractivity contribution >= 4 is 5.69 Å². The van der Waals surface area contributed by atoms with E-state index in [4.69, 9.17) is 5.26 Å². The lowest BCUT2D eigenvalue weighted by Gasteiger charge is -2.18. The van der Waals surface area contributed by atoms with E-state index in [0.717, 1.165) is 18.9 Å². The van der Waals surface area contributed by atoms with E-state index in [-0.39, 0.29) is 18.3 Å². The standard InChI is InChI=1S/C12H12FN3O2/c13-10-3-4-12(16(17)18)9(6-10)8-15-5-1-2-11(15)7-14/h3-4,6,11H,1-2,5,8H2. The number of rotatable bonds is 3. The van der Waals surface area contributed by atoms with Gasteiger partial charge in [0.25, 0.3) is 5.69 Å². The van der Waals surface area contributed by atoms with Gasteiger partial charge in [-0.2, -0.15) is 5.26 Å². The average Bonchev–Trinajstić information content (AvgIpc) is 2.76. The second-order valence-corrected chi connectivity index (χ2v) is 4.29. The van der Waals surface area contributed by atoms with Crippen LogP contribution in [-0.4, -0.2) is 22.4 Å². The van der Waals surface area contributed by atoms with Gasteiger partial charge in [0.1, 0.15) is 5.82 Å². The molecule has 1 aliphatic heterocycles. The molecular formula is C12H12FN3O2. The monoisotopic (exact) mass is 249 g/mol. The van der Waals surface area contributed by atoms with Crippen LogP contribution in [0.1, 0.15) is 18.4 Å². The Morgan fingerprint density at radius 1 is 1.61 bits per heavy atom. The molecule has 1 saturated heterocycles. The molecule has 0 radical (unpaired) electrons. The Morgan fingerprint density at radius 2 is 2.39 bits per heavy atom. The van der Waals surface area contributed by atoms with Crippen molar-refractivity contribution < 1.29 is 9.31 Å². The fraction of sp³-hybridized carbons (Fsp3) is 0.417. The van der Waals surface area contributed by atoms with Crippen LogP contribution in [0.2, 0.25) is 0 Å². The van der Waals surface area contributed by atoms with E-state index in [1.54, 1.807) is 0 Å². The number of nitro benzene ring substituents is 1. The van der Waals surface area contributed by atoms with Gasteiger partial charge in [0, 0.05) is 18.2 Å². The van der Waals surface area contributed by atoms with Crippen molar-refractivity contribution in [2.75, 3.05) is 6.54 Å². The average molecular weight is 249 g/mol. The minimum absolute atomic E-state index is 0.0972. The Hall–Kier alpha value is -2.00. The summed E-state index contributed by atoms with van der Waals surface area (Å²) < 4.78 is 13.2. The number of benzene rings is 1. The lowest BCUT2D eigenvalue weighted by molar-refractivity contribution is -0.385. The van der Waals surface area contributed by atoms with Gasteiger partial charge in [-0.3, -0.25) is 15.0 Å². The predicted octanol–water partition coefficient (Wildman–Crippen LogP) is 2.22. The van der Waals surface area contributed by atoms with E-state index in [1.165, 1.54) is 12.1 Å². The molecule has 5 nitrogen and oxygen atoms in total. The Labute approximate surface area is 104 Å². The summed E-state index contributed by atoms with van der Waals surface area (Å²) in [5, 5.41) is 19.8. The van der Waals surface area contributed by atoms with Crippen LogP contribution in [0.25, 0.3) is 0 Å². The maximum atomic E-state index is 13.2. The summed E-state index contributed by atoms with van der Waals surface area (Å²) in [5.74, 6) is -0.497. The Kier molecular flexibility index (Phi) is 3.53.